The highest BCUT2D eigenvalue weighted by molar-refractivity contribution is 5.41. The van der Waals surface area contributed by atoms with Crippen LogP contribution in [0.5, 0.6) is 5.75 Å². The number of hydrogen-bond acceptors (Lipinski definition) is 4. The summed E-state index contributed by atoms with van der Waals surface area (Å²) >= 11 is 0. The predicted molar refractivity (Wildman–Crippen MR) is 79.2 cm³/mol. The third kappa shape index (κ3) is 3.95. The first-order valence-electron chi connectivity index (χ1n) is 7.07. The normalized spacial score (nSPS) is 17.6. The summed E-state index contributed by atoms with van der Waals surface area (Å²) in [5, 5.41) is 3.40. The van der Waals surface area contributed by atoms with E-state index in [1.165, 1.54) is 11.1 Å². The zero-order valence-corrected chi connectivity index (χ0v) is 12.9. The van der Waals surface area contributed by atoms with Crippen molar-refractivity contribution >= 4 is 0 Å². The van der Waals surface area contributed by atoms with E-state index >= 15 is 0 Å². The Hall–Kier alpha value is -1.10. The Balaban J connectivity index is 1.86. The third-order valence-electron chi connectivity index (χ3n) is 3.51. The van der Waals surface area contributed by atoms with Crippen LogP contribution in [0.1, 0.15) is 25.0 Å². The first-order chi connectivity index (χ1) is 9.54. The van der Waals surface area contributed by atoms with E-state index in [4.69, 9.17) is 14.2 Å². The smallest absolute Gasteiger partial charge is 0.123 e. The van der Waals surface area contributed by atoms with Gasteiger partial charge in [-0.25, -0.2) is 0 Å². The predicted octanol–water partition coefficient (Wildman–Crippen LogP) is 2.15. The fraction of sp³-hybridized carbons (Fsp3) is 0.625. The lowest BCUT2D eigenvalue weighted by Gasteiger charge is -2.16. The van der Waals surface area contributed by atoms with Gasteiger partial charge < -0.3 is 19.5 Å². The SMILES string of the molecule is COCC(CNCc1ccc2c(c1)CC(C)(C)O2)OC. The van der Waals surface area contributed by atoms with Crippen LogP contribution in [0.2, 0.25) is 0 Å². The molecule has 1 atom stereocenters. The first kappa shape index (κ1) is 15.3. The molecule has 2 rings (SSSR count). The highest BCUT2D eigenvalue weighted by atomic mass is 16.5. The van der Waals surface area contributed by atoms with Gasteiger partial charge in [0.05, 0.1) is 12.7 Å². The van der Waals surface area contributed by atoms with Crippen molar-refractivity contribution in [2.75, 3.05) is 27.4 Å². The maximum absolute atomic E-state index is 5.88. The van der Waals surface area contributed by atoms with Crippen molar-refractivity contribution in [3.63, 3.8) is 0 Å². The molecule has 20 heavy (non-hydrogen) atoms. The molecule has 1 heterocycles. The van der Waals surface area contributed by atoms with Crippen molar-refractivity contribution in [2.45, 2.75) is 38.5 Å². The molecule has 112 valence electrons. The van der Waals surface area contributed by atoms with Crippen LogP contribution in [0, 0.1) is 0 Å². The molecule has 1 unspecified atom stereocenters. The summed E-state index contributed by atoms with van der Waals surface area (Å²) in [5.41, 5.74) is 2.50. The van der Waals surface area contributed by atoms with Crippen LogP contribution in [0.3, 0.4) is 0 Å². The van der Waals surface area contributed by atoms with Crippen molar-refractivity contribution in [3.05, 3.63) is 29.3 Å². The van der Waals surface area contributed by atoms with E-state index in [0.29, 0.717) is 6.61 Å². The molecule has 1 aromatic carbocycles. The van der Waals surface area contributed by atoms with Gasteiger partial charge in [-0.3, -0.25) is 0 Å². The molecule has 0 fully saturated rings. The number of fused-ring (bicyclic) bond motifs is 1. The number of ether oxygens (including phenoxy) is 3. The van der Waals surface area contributed by atoms with Crippen LogP contribution in [0.25, 0.3) is 0 Å². The molecule has 1 aromatic rings. The fourth-order valence-electron chi connectivity index (χ4n) is 2.55. The Kier molecular flexibility index (Phi) is 5.02. The Labute approximate surface area is 121 Å². The second-order valence-corrected chi connectivity index (χ2v) is 5.92. The molecule has 0 aliphatic carbocycles. The fourth-order valence-corrected chi connectivity index (χ4v) is 2.55. The Morgan fingerprint density at radius 3 is 2.85 bits per heavy atom. The van der Waals surface area contributed by atoms with Crippen molar-refractivity contribution < 1.29 is 14.2 Å². The van der Waals surface area contributed by atoms with Gasteiger partial charge in [0.25, 0.3) is 0 Å². The molecule has 0 radical (unpaired) electrons. The zero-order valence-electron chi connectivity index (χ0n) is 12.9. The first-order valence-corrected chi connectivity index (χ1v) is 7.07. The third-order valence-corrected chi connectivity index (χ3v) is 3.51. The van der Waals surface area contributed by atoms with E-state index in [1.54, 1.807) is 14.2 Å². The second kappa shape index (κ2) is 6.57. The molecular weight excluding hydrogens is 254 g/mol. The number of benzene rings is 1. The lowest BCUT2D eigenvalue weighted by molar-refractivity contribution is 0.0288. The van der Waals surface area contributed by atoms with Crippen molar-refractivity contribution in [3.8, 4) is 5.75 Å². The number of hydrogen-bond donors (Lipinski definition) is 1. The van der Waals surface area contributed by atoms with Crippen LogP contribution >= 0.6 is 0 Å². The summed E-state index contributed by atoms with van der Waals surface area (Å²) in [5.74, 6) is 1.02. The summed E-state index contributed by atoms with van der Waals surface area (Å²) < 4.78 is 16.3. The van der Waals surface area contributed by atoms with E-state index in [9.17, 15) is 0 Å². The van der Waals surface area contributed by atoms with Crippen molar-refractivity contribution in [1.29, 1.82) is 0 Å². The molecule has 1 aliphatic heterocycles. The topological polar surface area (TPSA) is 39.7 Å². The Morgan fingerprint density at radius 2 is 2.15 bits per heavy atom. The van der Waals surface area contributed by atoms with Gasteiger partial charge >= 0.3 is 0 Å². The van der Waals surface area contributed by atoms with Gasteiger partial charge in [0, 0.05) is 33.7 Å². The maximum Gasteiger partial charge on any atom is 0.123 e. The molecule has 4 heteroatoms. The van der Waals surface area contributed by atoms with Gasteiger partial charge in [-0.15, -0.1) is 0 Å². The standard InChI is InChI=1S/C16H25NO3/c1-16(2)8-13-7-12(5-6-15(13)20-16)9-17-10-14(19-4)11-18-3/h5-7,14,17H,8-11H2,1-4H3. The minimum absolute atomic E-state index is 0.0754. The summed E-state index contributed by atoms with van der Waals surface area (Å²) in [7, 11) is 3.40. The molecule has 0 saturated heterocycles. The minimum Gasteiger partial charge on any atom is -0.487 e. The van der Waals surface area contributed by atoms with E-state index in [1.807, 2.05) is 0 Å². The maximum atomic E-state index is 5.88. The minimum atomic E-state index is -0.0754. The lowest BCUT2D eigenvalue weighted by Crippen LogP contribution is -2.31. The number of methoxy groups -OCH3 is 2. The van der Waals surface area contributed by atoms with Crippen LogP contribution < -0.4 is 10.1 Å². The Morgan fingerprint density at radius 1 is 1.35 bits per heavy atom. The molecule has 4 nitrogen and oxygen atoms in total. The molecule has 0 aromatic heterocycles. The quantitative estimate of drug-likeness (QED) is 0.830. The van der Waals surface area contributed by atoms with Gasteiger partial charge in [-0.2, -0.15) is 0 Å². The van der Waals surface area contributed by atoms with Gasteiger partial charge in [-0.05, 0) is 31.0 Å². The lowest BCUT2D eigenvalue weighted by atomic mass is 10.0. The largest absolute Gasteiger partial charge is 0.487 e. The molecule has 0 spiro atoms. The van der Waals surface area contributed by atoms with Gasteiger partial charge in [-0.1, -0.05) is 12.1 Å². The summed E-state index contributed by atoms with van der Waals surface area (Å²) in [4.78, 5) is 0. The van der Waals surface area contributed by atoms with Crippen LogP contribution in [0.4, 0.5) is 0 Å². The van der Waals surface area contributed by atoms with Gasteiger partial charge in [0.15, 0.2) is 0 Å². The molecule has 0 bridgehead atoms. The molecular formula is C16H25NO3. The zero-order chi connectivity index (χ0) is 14.6. The summed E-state index contributed by atoms with van der Waals surface area (Å²) in [6, 6.07) is 6.42. The van der Waals surface area contributed by atoms with Crippen molar-refractivity contribution in [1.82, 2.24) is 5.32 Å². The summed E-state index contributed by atoms with van der Waals surface area (Å²) in [6.45, 7) is 6.47. The monoisotopic (exact) mass is 279 g/mol. The van der Waals surface area contributed by atoms with Crippen LogP contribution in [-0.4, -0.2) is 39.1 Å². The van der Waals surface area contributed by atoms with E-state index < -0.39 is 0 Å². The average Bonchev–Trinajstić information content (AvgIpc) is 2.70. The molecule has 1 aliphatic rings. The number of rotatable bonds is 7. The van der Waals surface area contributed by atoms with E-state index in [-0.39, 0.29) is 11.7 Å². The van der Waals surface area contributed by atoms with E-state index in [2.05, 4.69) is 37.4 Å². The number of nitrogens with one attached hydrogen (secondary N) is 1. The Bertz CT molecular complexity index is 445. The van der Waals surface area contributed by atoms with Crippen LogP contribution in [0.15, 0.2) is 18.2 Å². The van der Waals surface area contributed by atoms with E-state index in [0.717, 1.165) is 25.3 Å². The highest BCUT2D eigenvalue weighted by Crippen LogP contribution is 2.35. The van der Waals surface area contributed by atoms with Crippen molar-refractivity contribution in [2.24, 2.45) is 0 Å². The van der Waals surface area contributed by atoms with Gasteiger partial charge in [0.1, 0.15) is 11.4 Å². The summed E-state index contributed by atoms with van der Waals surface area (Å²) in [6.07, 6.45) is 1.07. The van der Waals surface area contributed by atoms with Gasteiger partial charge in [0.2, 0.25) is 0 Å². The molecule has 0 amide bonds. The molecule has 0 saturated carbocycles. The van der Waals surface area contributed by atoms with Crippen LogP contribution in [-0.2, 0) is 22.4 Å². The molecule has 1 N–H and O–H groups in total. The highest BCUT2D eigenvalue weighted by Gasteiger charge is 2.29. The second-order valence-electron chi connectivity index (χ2n) is 5.92. The average molecular weight is 279 g/mol.